The van der Waals surface area contributed by atoms with Crippen LogP contribution in [0.5, 0.6) is 0 Å². The Morgan fingerprint density at radius 2 is 2.03 bits per heavy atom. The third-order valence-corrected chi connectivity index (χ3v) is 7.25. The second-order valence-corrected chi connectivity index (χ2v) is 9.76. The number of hydrogen-bond donors (Lipinski definition) is 1. The molecule has 10 heteroatoms. The predicted molar refractivity (Wildman–Crippen MR) is 133 cm³/mol. The molecule has 1 saturated heterocycles. The molecule has 0 unspecified atom stereocenters. The van der Waals surface area contributed by atoms with E-state index >= 15 is 0 Å². The number of nitrogens with one attached hydrogen (secondary N) is 1. The number of piperidine rings is 1. The average Bonchev–Trinajstić information content (AvgIpc) is 3.20. The van der Waals surface area contributed by atoms with Gasteiger partial charge in [0.2, 0.25) is 5.91 Å². The van der Waals surface area contributed by atoms with Gasteiger partial charge in [-0.15, -0.1) is 0 Å². The number of likely N-dealkylation sites (tertiary alicyclic amines) is 1. The molecular formula is C27H28F3N5O2. The van der Waals surface area contributed by atoms with Crippen LogP contribution in [0.25, 0.3) is 11.0 Å². The Morgan fingerprint density at radius 3 is 2.68 bits per heavy atom. The van der Waals surface area contributed by atoms with Gasteiger partial charge in [-0.25, -0.2) is 4.98 Å². The Balaban J connectivity index is 1.61. The van der Waals surface area contributed by atoms with E-state index in [1.807, 2.05) is 37.7 Å². The van der Waals surface area contributed by atoms with Gasteiger partial charge in [-0.05, 0) is 61.4 Å². The van der Waals surface area contributed by atoms with E-state index in [2.05, 4.69) is 10.3 Å². The summed E-state index contributed by atoms with van der Waals surface area (Å²) in [5.41, 5.74) is 3.81. The number of rotatable bonds is 4. The molecule has 1 N–H and O–H groups in total. The van der Waals surface area contributed by atoms with E-state index < -0.39 is 18.0 Å². The van der Waals surface area contributed by atoms with Crippen LogP contribution in [0, 0.1) is 30.1 Å². The summed E-state index contributed by atoms with van der Waals surface area (Å²) in [6.07, 6.45) is -0.472. The van der Waals surface area contributed by atoms with Gasteiger partial charge in [-0.2, -0.15) is 18.4 Å². The first-order chi connectivity index (χ1) is 17.4. The van der Waals surface area contributed by atoms with Crippen LogP contribution in [-0.2, 0) is 11.8 Å². The molecule has 1 aromatic carbocycles. The van der Waals surface area contributed by atoms with E-state index in [-0.39, 0.29) is 30.8 Å². The molecule has 7 nitrogen and oxygen atoms in total. The lowest BCUT2D eigenvalue weighted by molar-refractivity contribution is -0.186. The van der Waals surface area contributed by atoms with E-state index in [0.29, 0.717) is 23.2 Å². The molecule has 37 heavy (non-hydrogen) atoms. The quantitative estimate of drug-likeness (QED) is 0.524. The van der Waals surface area contributed by atoms with Crippen LogP contribution < -0.4 is 5.32 Å². The lowest BCUT2D eigenvalue weighted by Gasteiger charge is -2.38. The standard InChI is InChI=1S/C27H28F3N5O2/c1-15-13-35(26(37)17(3)27(28,29)30)9-8-20(15)21-14-34(4)24-23(21)16(2)22(12-32-24)33-25(36)19-7-5-6-18(10-19)11-31/h5-7,10,12,14-15,17,20H,8-9,13H2,1-4H3,(H,33,36)/t15-,17+,20+/m0/s1. The Morgan fingerprint density at radius 1 is 1.30 bits per heavy atom. The number of fused-ring (bicyclic) bond motifs is 1. The van der Waals surface area contributed by atoms with Crippen molar-refractivity contribution in [3.05, 3.63) is 58.9 Å². The molecule has 0 radical (unpaired) electrons. The van der Waals surface area contributed by atoms with Crippen molar-refractivity contribution >= 4 is 28.5 Å². The monoisotopic (exact) mass is 511 g/mol. The van der Waals surface area contributed by atoms with E-state index in [4.69, 9.17) is 5.26 Å². The first kappa shape index (κ1) is 26.2. The van der Waals surface area contributed by atoms with Crippen LogP contribution in [0.3, 0.4) is 0 Å². The second-order valence-electron chi connectivity index (χ2n) is 9.76. The number of aryl methyl sites for hydroxylation is 2. The first-order valence-electron chi connectivity index (χ1n) is 12.0. The SMILES string of the molecule is Cc1c(NC(=O)c2cccc(C#N)c2)cnc2c1c([C@@H]1CCN(C(=O)[C@@H](C)C(F)(F)F)C[C@@H]1C)cn2C. The van der Waals surface area contributed by atoms with Crippen LogP contribution in [0.15, 0.2) is 36.7 Å². The van der Waals surface area contributed by atoms with E-state index in [1.165, 1.54) is 11.0 Å². The highest BCUT2D eigenvalue weighted by Gasteiger charge is 2.44. The van der Waals surface area contributed by atoms with E-state index in [9.17, 15) is 22.8 Å². The molecular weight excluding hydrogens is 483 g/mol. The molecule has 1 aliphatic heterocycles. The molecule has 2 aromatic heterocycles. The Hall–Kier alpha value is -3.87. The summed E-state index contributed by atoms with van der Waals surface area (Å²) in [5, 5.41) is 12.9. The van der Waals surface area contributed by atoms with Gasteiger partial charge in [0.05, 0.1) is 23.5 Å². The fraction of sp³-hybridized carbons (Fsp3) is 0.407. The number of anilines is 1. The molecule has 194 valence electrons. The minimum atomic E-state index is -4.56. The zero-order valence-electron chi connectivity index (χ0n) is 21.1. The first-order valence-corrected chi connectivity index (χ1v) is 12.0. The fourth-order valence-electron chi connectivity index (χ4n) is 5.09. The number of aromatic nitrogens is 2. The summed E-state index contributed by atoms with van der Waals surface area (Å²) in [7, 11) is 1.87. The highest BCUT2D eigenvalue weighted by Crippen LogP contribution is 2.40. The number of nitrogens with zero attached hydrogens (tertiary/aromatic N) is 4. The summed E-state index contributed by atoms with van der Waals surface area (Å²) < 4.78 is 41.2. The highest BCUT2D eigenvalue weighted by molar-refractivity contribution is 6.06. The van der Waals surface area contributed by atoms with Crippen LogP contribution in [0.1, 0.15) is 53.2 Å². The highest BCUT2D eigenvalue weighted by atomic mass is 19.4. The lowest BCUT2D eigenvalue weighted by atomic mass is 9.80. The van der Waals surface area contributed by atoms with Gasteiger partial charge >= 0.3 is 6.18 Å². The maximum absolute atomic E-state index is 13.1. The summed E-state index contributed by atoms with van der Waals surface area (Å²) in [6.45, 7) is 5.22. The molecule has 0 spiro atoms. The van der Waals surface area contributed by atoms with Gasteiger partial charge < -0.3 is 14.8 Å². The minimum Gasteiger partial charge on any atom is -0.342 e. The maximum Gasteiger partial charge on any atom is 0.400 e. The Labute approximate surface area is 212 Å². The van der Waals surface area contributed by atoms with E-state index in [0.717, 1.165) is 29.1 Å². The number of carbonyl (C=O) groups excluding carboxylic acids is 2. The third-order valence-electron chi connectivity index (χ3n) is 7.25. The number of pyridine rings is 1. The molecule has 1 fully saturated rings. The Kier molecular flexibility index (Phi) is 7.00. The van der Waals surface area contributed by atoms with Gasteiger partial charge in [0, 0.05) is 37.3 Å². The zero-order valence-corrected chi connectivity index (χ0v) is 21.1. The molecule has 0 saturated carbocycles. The molecule has 4 rings (SSSR count). The smallest absolute Gasteiger partial charge is 0.342 e. The number of halogens is 3. The second kappa shape index (κ2) is 9.88. The largest absolute Gasteiger partial charge is 0.400 e. The van der Waals surface area contributed by atoms with Crippen molar-refractivity contribution in [2.24, 2.45) is 18.9 Å². The van der Waals surface area contributed by atoms with E-state index in [1.54, 1.807) is 24.4 Å². The van der Waals surface area contributed by atoms with Crippen molar-refractivity contribution in [2.75, 3.05) is 18.4 Å². The maximum atomic E-state index is 13.1. The van der Waals surface area contributed by atoms with Crippen molar-refractivity contribution in [1.82, 2.24) is 14.5 Å². The van der Waals surface area contributed by atoms with Crippen molar-refractivity contribution in [3.63, 3.8) is 0 Å². The normalized spacial score (nSPS) is 18.9. The summed E-state index contributed by atoms with van der Waals surface area (Å²) in [6, 6.07) is 8.43. The number of hydrogen-bond acceptors (Lipinski definition) is 4. The number of benzene rings is 1. The van der Waals surface area contributed by atoms with Crippen molar-refractivity contribution in [1.29, 1.82) is 5.26 Å². The van der Waals surface area contributed by atoms with Gasteiger partial charge in [0.1, 0.15) is 11.6 Å². The van der Waals surface area contributed by atoms with Crippen LogP contribution in [-0.4, -0.2) is 45.5 Å². The molecule has 0 aliphatic carbocycles. The number of carbonyl (C=O) groups is 2. The molecule has 1 aliphatic rings. The lowest BCUT2D eigenvalue weighted by Crippen LogP contribution is -2.47. The summed E-state index contributed by atoms with van der Waals surface area (Å²) in [5.74, 6) is -3.35. The fourth-order valence-corrected chi connectivity index (χ4v) is 5.09. The zero-order chi connectivity index (χ0) is 27.1. The van der Waals surface area contributed by atoms with Crippen molar-refractivity contribution in [3.8, 4) is 6.07 Å². The topological polar surface area (TPSA) is 91.0 Å². The minimum absolute atomic E-state index is 0.00713. The van der Waals surface area contributed by atoms with Crippen LogP contribution >= 0.6 is 0 Å². The summed E-state index contributed by atoms with van der Waals surface area (Å²) in [4.78, 5) is 31.2. The molecule has 3 atom stereocenters. The number of nitriles is 1. The predicted octanol–water partition coefficient (Wildman–Crippen LogP) is 5.16. The van der Waals surface area contributed by atoms with Crippen molar-refractivity contribution in [2.45, 2.75) is 39.3 Å². The molecule has 2 amide bonds. The average molecular weight is 512 g/mol. The van der Waals surface area contributed by atoms with Gasteiger partial charge in [-0.3, -0.25) is 9.59 Å². The van der Waals surface area contributed by atoms with Gasteiger partial charge in [0.25, 0.3) is 5.91 Å². The molecule has 0 bridgehead atoms. The van der Waals surface area contributed by atoms with Crippen LogP contribution in [0.4, 0.5) is 18.9 Å². The van der Waals surface area contributed by atoms with Gasteiger partial charge in [0.15, 0.2) is 0 Å². The number of alkyl halides is 3. The molecule has 3 heterocycles. The van der Waals surface area contributed by atoms with Crippen LogP contribution in [0.2, 0.25) is 0 Å². The Bertz CT molecular complexity index is 1410. The third kappa shape index (κ3) is 5.03. The van der Waals surface area contributed by atoms with Crippen molar-refractivity contribution < 1.29 is 22.8 Å². The molecule has 3 aromatic rings. The summed E-state index contributed by atoms with van der Waals surface area (Å²) >= 11 is 0. The van der Waals surface area contributed by atoms with Gasteiger partial charge in [-0.1, -0.05) is 13.0 Å². The number of amides is 2.